The van der Waals surface area contributed by atoms with Crippen LogP contribution in [0, 0.1) is 5.92 Å². The summed E-state index contributed by atoms with van der Waals surface area (Å²) in [6.07, 6.45) is -0.920. The van der Waals surface area contributed by atoms with E-state index in [1.807, 2.05) is 11.9 Å². The Balaban J connectivity index is 1.83. The molecule has 1 fully saturated rings. The number of carbonyl (C=O) groups excluding carboxylic acids is 1. The van der Waals surface area contributed by atoms with Crippen LogP contribution in [0.2, 0.25) is 5.02 Å². The van der Waals surface area contributed by atoms with Crippen molar-refractivity contribution in [1.29, 1.82) is 0 Å². The zero-order valence-electron chi connectivity index (χ0n) is 21.1. The number of hydrogen-bond acceptors (Lipinski definition) is 8. The number of aliphatic hydroxyl groups is 2. The van der Waals surface area contributed by atoms with E-state index in [4.69, 9.17) is 25.5 Å². The number of halogens is 1. The first-order valence-corrected chi connectivity index (χ1v) is 12.3. The Bertz CT molecular complexity index is 1250. The zero-order chi connectivity index (χ0) is 26.4. The molecule has 0 saturated carbocycles. The van der Waals surface area contributed by atoms with E-state index in [1.165, 1.54) is 12.1 Å². The summed E-state index contributed by atoms with van der Waals surface area (Å²) in [5, 5.41) is 22.3. The first kappa shape index (κ1) is 26.3. The summed E-state index contributed by atoms with van der Waals surface area (Å²) >= 11 is 6.37. The van der Waals surface area contributed by atoms with Crippen LogP contribution in [0.4, 0.5) is 4.79 Å². The van der Waals surface area contributed by atoms with Gasteiger partial charge in [0.25, 0.3) is 0 Å². The summed E-state index contributed by atoms with van der Waals surface area (Å²) in [4.78, 5) is 27.9. The second kappa shape index (κ2) is 9.57. The van der Waals surface area contributed by atoms with Crippen LogP contribution in [0.25, 0.3) is 17.1 Å². The Morgan fingerprint density at radius 3 is 2.64 bits per heavy atom. The third-order valence-electron chi connectivity index (χ3n) is 6.93. The largest absolute Gasteiger partial charge is 0.509 e. The molecular weight excluding hydrogens is 486 g/mol. The average molecular weight is 518 g/mol. The molecule has 1 aromatic carbocycles. The van der Waals surface area contributed by atoms with Crippen molar-refractivity contribution in [3.63, 3.8) is 0 Å². The van der Waals surface area contributed by atoms with Crippen molar-refractivity contribution >= 4 is 23.5 Å². The van der Waals surface area contributed by atoms with Gasteiger partial charge in [-0.15, -0.1) is 0 Å². The molecule has 0 radical (unpaired) electrons. The van der Waals surface area contributed by atoms with Crippen molar-refractivity contribution in [2.45, 2.75) is 57.3 Å². The van der Waals surface area contributed by atoms with Gasteiger partial charge >= 0.3 is 6.16 Å². The molecule has 2 aromatic rings. The molecule has 2 unspecified atom stereocenters. The highest BCUT2D eigenvalue weighted by Crippen LogP contribution is 2.48. The molecular formula is C27H32ClNO7. The number of carbonyl (C=O) groups is 1. The number of piperidine rings is 1. The maximum Gasteiger partial charge on any atom is 0.509 e. The van der Waals surface area contributed by atoms with E-state index in [0.717, 1.165) is 0 Å². The molecule has 1 saturated heterocycles. The molecule has 2 heterocycles. The minimum atomic E-state index is -1.22. The highest BCUT2D eigenvalue weighted by Gasteiger charge is 2.53. The van der Waals surface area contributed by atoms with E-state index in [-0.39, 0.29) is 22.8 Å². The van der Waals surface area contributed by atoms with Gasteiger partial charge in [0.15, 0.2) is 5.43 Å². The number of aliphatic hydroxyl groups excluding tert-OH is 2. The second-order valence-electron chi connectivity index (χ2n) is 10.7. The Morgan fingerprint density at radius 1 is 1.28 bits per heavy atom. The fourth-order valence-corrected chi connectivity index (χ4v) is 5.34. The lowest BCUT2D eigenvalue weighted by Crippen LogP contribution is -2.56. The molecule has 0 spiro atoms. The summed E-state index contributed by atoms with van der Waals surface area (Å²) < 4.78 is 17.5. The molecule has 8 nitrogen and oxygen atoms in total. The minimum Gasteiger partial charge on any atom is -0.507 e. The third-order valence-corrected chi connectivity index (χ3v) is 7.26. The van der Waals surface area contributed by atoms with Crippen LogP contribution >= 0.6 is 11.6 Å². The summed E-state index contributed by atoms with van der Waals surface area (Å²) in [6.45, 7) is 8.07. The van der Waals surface area contributed by atoms with Gasteiger partial charge in [-0.05, 0) is 65.9 Å². The van der Waals surface area contributed by atoms with Crippen molar-refractivity contribution in [1.82, 2.24) is 4.90 Å². The van der Waals surface area contributed by atoms with Gasteiger partial charge < -0.3 is 29.0 Å². The molecule has 2 aliphatic rings. The fraction of sp³-hybridized carbons (Fsp3) is 0.481. The maximum atomic E-state index is 13.2. The van der Waals surface area contributed by atoms with Gasteiger partial charge in [-0.2, -0.15) is 0 Å². The molecule has 9 heteroatoms. The Kier molecular flexibility index (Phi) is 6.98. The number of ether oxygens (including phenoxy) is 2. The van der Waals surface area contributed by atoms with Crippen LogP contribution in [-0.4, -0.2) is 59.2 Å². The maximum absolute atomic E-state index is 13.2. The predicted octanol–water partition coefficient (Wildman–Crippen LogP) is 4.76. The van der Waals surface area contributed by atoms with E-state index in [0.29, 0.717) is 30.1 Å². The molecule has 2 N–H and O–H groups in total. The molecule has 0 amide bonds. The molecule has 36 heavy (non-hydrogen) atoms. The molecule has 0 bridgehead atoms. The van der Waals surface area contributed by atoms with Crippen LogP contribution in [0.1, 0.15) is 45.4 Å². The average Bonchev–Trinajstić information content (AvgIpc) is 2.76. The van der Waals surface area contributed by atoms with E-state index < -0.39 is 40.7 Å². The fourth-order valence-electron chi connectivity index (χ4n) is 5.11. The van der Waals surface area contributed by atoms with Gasteiger partial charge in [-0.25, -0.2) is 4.79 Å². The smallest absolute Gasteiger partial charge is 0.507 e. The monoisotopic (exact) mass is 517 g/mol. The molecule has 1 aliphatic heterocycles. The Morgan fingerprint density at radius 2 is 1.97 bits per heavy atom. The second-order valence-corrected chi connectivity index (χ2v) is 11.1. The number of hydrogen-bond donors (Lipinski definition) is 2. The number of benzene rings is 1. The number of likely N-dealkylation sites (N-methyl/N-ethyl adjacent to an activating group) is 1. The van der Waals surface area contributed by atoms with E-state index >= 15 is 0 Å². The number of likely N-dealkylation sites (tertiary alicyclic amines) is 1. The number of nitrogens with zero attached hydrogens (tertiary/aromatic N) is 1. The molecule has 1 aliphatic carbocycles. The Hall–Kier alpha value is -2.81. The quantitative estimate of drug-likeness (QED) is 0.561. The normalized spacial score (nSPS) is 26.6. The summed E-state index contributed by atoms with van der Waals surface area (Å²) in [7, 11) is 1.91. The molecule has 4 atom stereocenters. The summed E-state index contributed by atoms with van der Waals surface area (Å²) in [5.74, 6) is -0.462. The zero-order valence-corrected chi connectivity index (χ0v) is 21.8. The number of rotatable bonds is 3. The van der Waals surface area contributed by atoms with Crippen molar-refractivity contribution in [2.24, 2.45) is 5.92 Å². The summed E-state index contributed by atoms with van der Waals surface area (Å²) in [5.41, 5.74) is -1.91. The van der Waals surface area contributed by atoms with Gasteiger partial charge in [0.1, 0.15) is 34.5 Å². The van der Waals surface area contributed by atoms with Crippen molar-refractivity contribution in [3.8, 4) is 11.3 Å². The van der Waals surface area contributed by atoms with Gasteiger partial charge in [0.2, 0.25) is 0 Å². The summed E-state index contributed by atoms with van der Waals surface area (Å²) in [6, 6.07) is 8.23. The van der Waals surface area contributed by atoms with Crippen LogP contribution in [0.3, 0.4) is 0 Å². The SMILES string of the molecule is CN1CC[C@H](C2(C)c3oc(-c4ccccc4Cl)cc(=O)c3C(O)=CC2O)[C@H](OC(=O)OC(C)(C)C)C1. The van der Waals surface area contributed by atoms with Gasteiger partial charge in [0.05, 0.1) is 16.5 Å². The first-order chi connectivity index (χ1) is 16.8. The van der Waals surface area contributed by atoms with E-state index in [9.17, 15) is 19.8 Å². The first-order valence-electron chi connectivity index (χ1n) is 11.9. The predicted molar refractivity (Wildman–Crippen MR) is 136 cm³/mol. The lowest BCUT2D eigenvalue weighted by atomic mass is 9.63. The standard InChI is InChI=1S/C27H32ClNO7/c1-26(2,3)36-25(33)35-21-14-29(5)11-10-16(21)27(4)22(32)13-19(31)23-18(30)12-20(34-24(23)27)15-8-6-7-9-17(15)28/h6-9,12-13,16,21-22,31-32H,10-11,14H2,1-5H3/t16-,21+,22?,27?/m0/s1. The highest BCUT2D eigenvalue weighted by molar-refractivity contribution is 6.33. The lowest BCUT2D eigenvalue weighted by molar-refractivity contribution is -0.0846. The van der Waals surface area contributed by atoms with Gasteiger partial charge in [-0.3, -0.25) is 4.79 Å². The molecule has 4 rings (SSSR count). The van der Waals surface area contributed by atoms with Crippen molar-refractivity contribution < 1.29 is 28.9 Å². The highest BCUT2D eigenvalue weighted by atomic mass is 35.5. The van der Waals surface area contributed by atoms with Crippen LogP contribution in [0.5, 0.6) is 0 Å². The van der Waals surface area contributed by atoms with Crippen LogP contribution < -0.4 is 5.43 Å². The van der Waals surface area contributed by atoms with Gasteiger partial charge in [0, 0.05) is 24.1 Å². The van der Waals surface area contributed by atoms with Gasteiger partial charge in [-0.1, -0.05) is 23.7 Å². The number of fused-ring (bicyclic) bond motifs is 1. The topological polar surface area (TPSA) is 109 Å². The van der Waals surface area contributed by atoms with Crippen LogP contribution in [0.15, 0.2) is 45.6 Å². The molecule has 1 aromatic heterocycles. The lowest BCUT2D eigenvalue weighted by Gasteiger charge is -2.48. The van der Waals surface area contributed by atoms with Crippen LogP contribution in [-0.2, 0) is 14.9 Å². The van der Waals surface area contributed by atoms with Crippen molar-refractivity contribution in [3.05, 3.63) is 63.0 Å². The van der Waals surface area contributed by atoms with E-state index in [2.05, 4.69) is 0 Å². The molecule has 194 valence electrons. The Labute approximate surface area is 215 Å². The minimum absolute atomic E-state index is 0.0199. The van der Waals surface area contributed by atoms with E-state index in [1.54, 1.807) is 52.0 Å². The van der Waals surface area contributed by atoms with Crippen molar-refractivity contribution in [2.75, 3.05) is 20.1 Å². The third kappa shape index (κ3) is 4.90.